The monoisotopic (exact) mass is 256 g/mol. The Bertz CT molecular complexity index is 572. The minimum atomic E-state index is 0.0348. The van der Waals surface area contributed by atoms with Crippen LogP contribution in [0.5, 0.6) is 0 Å². The number of nitrogens with one attached hydrogen (secondary N) is 1. The summed E-state index contributed by atoms with van der Waals surface area (Å²) in [5.74, 6) is 0. The molecule has 0 fully saturated rings. The molecule has 0 heterocycles. The zero-order valence-electron chi connectivity index (χ0n) is 12.3. The lowest BCUT2D eigenvalue weighted by molar-refractivity contribution is 0.266. The van der Waals surface area contributed by atoms with Crippen LogP contribution in [0.3, 0.4) is 0 Å². The first-order chi connectivity index (χ1) is 8.97. The molecule has 0 amide bonds. The second-order valence-electron chi connectivity index (χ2n) is 6.02. The Morgan fingerprint density at radius 1 is 1.11 bits per heavy atom. The van der Waals surface area contributed by atoms with E-state index in [9.17, 15) is 0 Å². The Morgan fingerprint density at radius 3 is 2.37 bits per heavy atom. The highest BCUT2D eigenvalue weighted by atomic mass is 14.9. The van der Waals surface area contributed by atoms with Crippen LogP contribution in [-0.2, 0) is 0 Å². The lowest BCUT2D eigenvalue weighted by Gasteiger charge is -2.33. The van der Waals surface area contributed by atoms with Gasteiger partial charge in [0.05, 0.1) is 0 Å². The van der Waals surface area contributed by atoms with E-state index in [0.717, 1.165) is 0 Å². The van der Waals surface area contributed by atoms with Gasteiger partial charge >= 0.3 is 0 Å². The van der Waals surface area contributed by atoms with Crippen molar-refractivity contribution in [3.8, 4) is 0 Å². The highest BCUT2D eigenvalue weighted by Gasteiger charge is 2.28. The standard InChI is InChI=1S/C17H24N2/c1-12-5-6-14-10-15(8-7-13(14)9-12)16(19-4)17(2,3)11-18/h5-10,16,19H,11,18H2,1-4H3. The topological polar surface area (TPSA) is 38.0 Å². The normalized spacial score (nSPS) is 13.7. The van der Waals surface area contributed by atoms with Crippen LogP contribution in [-0.4, -0.2) is 13.6 Å². The quantitative estimate of drug-likeness (QED) is 0.880. The van der Waals surface area contributed by atoms with Crippen molar-refractivity contribution in [2.24, 2.45) is 11.1 Å². The highest BCUT2D eigenvalue weighted by molar-refractivity contribution is 5.83. The van der Waals surface area contributed by atoms with Gasteiger partial charge in [0.2, 0.25) is 0 Å². The second kappa shape index (κ2) is 5.32. The zero-order valence-corrected chi connectivity index (χ0v) is 12.3. The molecule has 102 valence electrons. The van der Waals surface area contributed by atoms with Gasteiger partial charge in [-0.25, -0.2) is 0 Å². The zero-order chi connectivity index (χ0) is 14.0. The molecular formula is C17H24N2. The molecule has 0 aliphatic heterocycles. The Kier molecular flexibility index (Phi) is 3.93. The largest absolute Gasteiger partial charge is 0.330 e. The molecule has 1 unspecified atom stereocenters. The maximum Gasteiger partial charge on any atom is 0.0381 e. The average Bonchev–Trinajstić information content (AvgIpc) is 2.39. The van der Waals surface area contributed by atoms with E-state index >= 15 is 0 Å². The Hall–Kier alpha value is -1.38. The van der Waals surface area contributed by atoms with Crippen molar-refractivity contribution in [2.45, 2.75) is 26.8 Å². The molecule has 0 saturated heterocycles. The molecule has 2 aromatic carbocycles. The molecule has 0 aliphatic rings. The third-order valence-corrected chi connectivity index (χ3v) is 3.95. The van der Waals surface area contributed by atoms with Gasteiger partial charge in [-0.2, -0.15) is 0 Å². The van der Waals surface area contributed by atoms with Crippen molar-refractivity contribution in [3.63, 3.8) is 0 Å². The molecule has 3 N–H and O–H groups in total. The summed E-state index contributed by atoms with van der Waals surface area (Å²) in [6.07, 6.45) is 0. The van der Waals surface area contributed by atoms with Gasteiger partial charge in [-0.3, -0.25) is 0 Å². The SMILES string of the molecule is CNC(c1ccc2cc(C)ccc2c1)C(C)(C)CN. The summed E-state index contributed by atoms with van der Waals surface area (Å²) in [4.78, 5) is 0. The molecule has 0 aromatic heterocycles. The van der Waals surface area contributed by atoms with E-state index in [1.807, 2.05) is 7.05 Å². The van der Waals surface area contributed by atoms with Gasteiger partial charge in [-0.1, -0.05) is 49.7 Å². The lowest BCUT2D eigenvalue weighted by atomic mass is 9.80. The minimum Gasteiger partial charge on any atom is -0.330 e. The molecule has 2 aromatic rings. The number of hydrogen-bond donors (Lipinski definition) is 2. The summed E-state index contributed by atoms with van der Waals surface area (Å²) >= 11 is 0. The van der Waals surface area contributed by atoms with Crippen LogP contribution in [0.4, 0.5) is 0 Å². The molecule has 0 spiro atoms. The fraction of sp³-hybridized carbons (Fsp3) is 0.412. The molecule has 2 rings (SSSR count). The van der Waals surface area contributed by atoms with Gasteiger partial charge in [0.25, 0.3) is 0 Å². The first-order valence-electron chi connectivity index (χ1n) is 6.85. The fourth-order valence-electron chi connectivity index (χ4n) is 2.69. The van der Waals surface area contributed by atoms with Gasteiger partial charge in [0.1, 0.15) is 0 Å². The van der Waals surface area contributed by atoms with Crippen LogP contribution in [0, 0.1) is 12.3 Å². The molecule has 0 aliphatic carbocycles. The number of aryl methyl sites for hydroxylation is 1. The van der Waals surface area contributed by atoms with Crippen molar-refractivity contribution < 1.29 is 0 Å². The average molecular weight is 256 g/mol. The summed E-state index contributed by atoms with van der Waals surface area (Å²) in [5.41, 5.74) is 8.55. The summed E-state index contributed by atoms with van der Waals surface area (Å²) in [6, 6.07) is 13.5. The number of fused-ring (bicyclic) bond motifs is 1. The molecule has 1 atom stereocenters. The molecule has 19 heavy (non-hydrogen) atoms. The number of nitrogens with two attached hydrogens (primary N) is 1. The van der Waals surface area contributed by atoms with Crippen molar-refractivity contribution in [2.75, 3.05) is 13.6 Å². The maximum absolute atomic E-state index is 5.91. The predicted octanol–water partition coefficient (Wildman–Crippen LogP) is 3.39. The fourth-order valence-corrected chi connectivity index (χ4v) is 2.69. The Labute approximate surface area is 116 Å². The van der Waals surface area contributed by atoms with Gasteiger partial charge in [-0.15, -0.1) is 0 Å². The molecule has 2 heteroatoms. The molecule has 0 radical (unpaired) electrons. The van der Waals surface area contributed by atoms with E-state index in [1.54, 1.807) is 0 Å². The van der Waals surface area contributed by atoms with Crippen LogP contribution in [0.2, 0.25) is 0 Å². The molecular weight excluding hydrogens is 232 g/mol. The summed E-state index contributed by atoms with van der Waals surface area (Å²) in [5, 5.41) is 5.99. The van der Waals surface area contributed by atoms with E-state index < -0.39 is 0 Å². The Balaban J connectivity index is 2.47. The van der Waals surface area contributed by atoms with Crippen molar-refractivity contribution in [1.29, 1.82) is 0 Å². The van der Waals surface area contributed by atoms with Crippen LogP contribution >= 0.6 is 0 Å². The third-order valence-electron chi connectivity index (χ3n) is 3.95. The lowest BCUT2D eigenvalue weighted by Crippen LogP contribution is -2.37. The van der Waals surface area contributed by atoms with Gasteiger partial charge < -0.3 is 11.1 Å². The van der Waals surface area contributed by atoms with Crippen LogP contribution in [0.15, 0.2) is 36.4 Å². The van der Waals surface area contributed by atoms with Crippen LogP contribution in [0.25, 0.3) is 10.8 Å². The van der Waals surface area contributed by atoms with E-state index in [-0.39, 0.29) is 11.5 Å². The number of hydrogen-bond acceptors (Lipinski definition) is 2. The van der Waals surface area contributed by atoms with E-state index in [4.69, 9.17) is 5.73 Å². The van der Waals surface area contributed by atoms with Gasteiger partial charge in [0, 0.05) is 6.04 Å². The highest BCUT2D eigenvalue weighted by Crippen LogP contribution is 2.33. The maximum atomic E-state index is 5.91. The summed E-state index contributed by atoms with van der Waals surface area (Å²) in [6.45, 7) is 7.19. The van der Waals surface area contributed by atoms with E-state index in [1.165, 1.54) is 21.9 Å². The molecule has 0 saturated carbocycles. The third kappa shape index (κ3) is 2.80. The van der Waals surface area contributed by atoms with E-state index in [2.05, 4.69) is 62.5 Å². The molecule has 0 bridgehead atoms. The summed E-state index contributed by atoms with van der Waals surface area (Å²) < 4.78 is 0. The van der Waals surface area contributed by atoms with Gasteiger partial charge in [-0.05, 0) is 48.3 Å². The van der Waals surface area contributed by atoms with E-state index in [0.29, 0.717) is 6.54 Å². The second-order valence-corrected chi connectivity index (χ2v) is 6.02. The van der Waals surface area contributed by atoms with Crippen LogP contribution < -0.4 is 11.1 Å². The first-order valence-corrected chi connectivity index (χ1v) is 6.85. The summed E-state index contributed by atoms with van der Waals surface area (Å²) in [7, 11) is 2.00. The van der Waals surface area contributed by atoms with Crippen molar-refractivity contribution in [3.05, 3.63) is 47.5 Å². The minimum absolute atomic E-state index is 0.0348. The number of rotatable bonds is 4. The van der Waals surface area contributed by atoms with Crippen molar-refractivity contribution >= 4 is 10.8 Å². The predicted molar refractivity (Wildman–Crippen MR) is 83.3 cm³/mol. The van der Waals surface area contributed by atoms with Gasteiger partial charge in [0.15, 0.2) is 0 Å². The molecule has 2 nitrogen and oxygen atoms in total. The Morgan fingerprint density at radius 2 is 1.74 bits per heavy atom. The number of benzene rings is 2. The first kappa shape index (κ1) is 14.0. The van der Waals surface area contributed by atoms with Crippen LogP contribution in [0.1, 0.15) is 31.0 Å². The van der Waals surface area contributed by atoms with Crippen molar-refractivity contribution in [1.82, 2.24) is 5.32 Å². The smallest absolute Gasteiger partial charge is 0.0381 e.